The first-order valence-electron chi connectivity index (χ1n) is 7.75. The van der Waals surface area contributed by atoms with E-state index >= 15 is 0 Å². The van der Waals surface area contributed by atoms with Gasteiger partial charge in [-0.3, -0.25) is 0 Å². The molecule has 0 saturated heterocycles. The minimum Gasteiger partial charge on any atom is -0.365 e. The van der Waals surface area contributed by atoms with Gasteiger partial charge in [0.1, 0.15) is 5.65 Å². The lowest BCUT2D eigenvalue weighted by molar-refractivity contribution is 0.597. The minimum absolute atomic E-state index is 0.174. The summed E-state index contributed by atoms with van der Waals surface area (Å²) in [5.41, 5.74) is 5.31. The molecule has 0 atom stereocenters. The molecule has 0 bridgehead atoms. The molecule has 24 heavy (non-hydrogen) atoms. The van der Waals surface area contributed by atoms with E-state index in [2.05, 4.69) is 26.4 Å². The third kappa shape index (κ3) is 2.55. The second-order valence-corrected chi connectivity index (χ2v) is 7.75. The SMILES string of the molecule is Cc1ccn2c(CN3CCc4cc(S(N)(=O)=O)ccc43)cnc2c1. The number of fused-ring (bicyclic) bond motifs is 2. The number of imidazole rings is 1. The Morgan fingerprint density at radius 3 is 2.88 bits per heavy atom. The van der Waals surface area contributed by atoms with Crippen molar-refractivity contribution in [1.29, 1.82) is 0 Å². The number of sulfonamides is 1. The van der Waals surface area contributed by atoms with E-state index in [1.165, 1.54) is 5.56 Å². The molecule has 124 valence electrons. The van der Waals surface area contributed by atoms with Gasteiger partial charge in [-0.1, -0.05) is 0 Å². The molecule has 1 aromatic carbocycles. The number of nitrogens with two attached hydrogens (primary N) is 1. The Balaban J connectivity index is 1.66. The zero-order chi connectivity index (χ0) is 16.9. The molecule has 3 heterocycles. The number of pyridine rings is 1. The molecule has 6 nitrogen and oxygen atoms in total. The molecular formula is C17H18N4O2S. The highest BCUT2D eigenvalue weighted by Crippen LogP contribution is 2.31. The van der Waals surface area contributed by atoms with Gasteiger partial charge in [0.25, 0.3) is 0 Å². The maximum Gasteiger partial charge on any atom is 0.238 e. The van der Waals surface area contributed by atoms with Crippen LogP contribution in [0.4, 0.5) is 5.69 Å². The third-order valence-electron chi connectivity index (χ3n) is 4.47. The van der Waals surface area contributed by atoms with E-state index in [1.807, 2.05) is 25.4 Å². The van der Waals surface area contributed by atoms with Gasteiger partial charge in [0.15, 0.2) is 0 Å². The summed E-state index contributed by atoms with van der Waals surface area (Å²) in [7, 11) is -3.66. The normalized spacial score (nSPS) is 14.3. The highest BCUT2D eigenvalue weighted by Gasteiger charge is 2.22. The van der Waals surface area contributed by atoms with Crippen molar-refractivity contribution < 1.29 is 8.42 Å². The van der Waals surface area contributed by atoms with Crippen LogP contribution in [0.2, 0.25) is 0 Å². The second kappa shape index (κ2) is 5.32. The Hall–Kier alpha value is -2.38. The predicted molar refractivity (Wildman–Crippen MR) is 92.5 cm³/mol. The Morgan fingerprint density at radius 2 is 2.08 bits per heavy atom. The smallest absolute Gasteiger partial charge is 0.238 e. The molecular weight excluding hydrogens is 324 g/mol. The van der Waals surface area contributed by atoms with Gasteiger partial charge in [0.05, 0.1) is 23.3 Å². The molecule has 7 heteroatoms. The molecule has 1 aliphatic heterocycles. The van der Waals surface area contributed by atoms with Crippen LogP contribution in [0.15, 0.2) is 47.6 Å². The topological polar surface area (TPSA) is 80.7 Å². The number of nitrogens with zero attached hydrogens (tertiary/aromatic N) is 3. The highest BCUT2D eigenvalue weighted by atomic mass is 32.2. The predicted octanol–water partition coefficient (Wildman–Crippen LogP) is 1.85. The summed E-state index contributed by atoms with van der Waals surface area (Å²) in [5.74, 6) is 0. The number of anilines is 1. The zero-order valence-electron chi connectivity index (χ0n) is 13.3. The third-order valence-corrected chi connectivity index (χ3v) is 5.38. The van der Waals surface area contributed by atoms with E-state index in [0.717, 1.165) is 42.1 Å². The van der Waals surface area contributed by atoms with Crippen LogP contribution in [0.1, 0.15) is 16.8 Å². The number of hydrogen-bond acceptors (Lipinski definition) is 4. The Morgan fingerprint density at radius 1 is 1.25 bits per heavy atom. The van der Waals surface area contributed by atoms with Crippen molar-refractivity contribution in [2.45, 2.75) is 24.8 Å². The molecule has 2 N–H and O–H groups in total. The van der Waals surface area contributed by atoms with Crippen LogP contribution >= 0.6 is 0 Å². The van der Waals surface area contributed by atoms with Crippen molar-refractivity contribution in [2.24, 2.45) is 5.14 Å². The van der Waals surface area contributed by atoms with Crippen molar-refractivity contribution in [3.63, 3.8) is 0 Å². The maximum absolute atomic E-state index is 11.5. The van der Waals surface area contributed by atoms with Gasteiger partial charge in [-0.15, -0.1) is 0 Å². The standard InChI is InChI=1S/C17H18N4O2S/c1-12-4-7-21-14(10-19-17(21)8-12)11-20-6-5-13-9-15(24(18,22)23)2-3-16(13)20/h2-4,7-10H,5-6,11H2,1H3,(H2,18,22,23). The van der Waals surface area contributed by atoms with Crippen LogP contribution in [0.25, 0.3) is 5.65 Å². The van der Waals surface area contributed by atoms with E-state index in [4.69, 9.17) is 5.14 Å². The molecule has 0 saturated carbocycles. The molecule has 0 radical (unpaired) electrons. The molecule has 0 amide bonds. The first kappa shape index (κ1) is 15.2. The van der Waals surface area contributed by atoms with Crippen LogP contribution in [0.5, 0.6) is 0 Å². The summed E-state index contributed by atoms with van der Waals surface area (Å²) < 4.78 is 25.1. The average molecular weight is 342 g/mol. The zero-order valence-corrected chi connectivity index (χ0v) is 14.1. The summed E-state index contributed by atoms with van der Waals surface area (Å²) in [6.45, 7) is 3.63. The first-order chi connectivity index (χ1) is 11.4. The fourth-order valence-electron chi connectivity index (χ4n) is 3.24. The van der Waals surface area contributed by atoms with Gasteiger partial charge < -0.3 is 9.30 Å². The molecule has 3 aromatic rings. The van der Waals surface area contributed by atoms with E-state index in [0.29, 0.717) is 0 Å². The summed E-state index contributed by atoms with van der Waals surface area (Å²) in [4.78, 5) is 6.88. The van der Waals surface area contributed by atoms with Gasteiger partial charge in [-0.05, 0) is 54.8 Å². The van der Waals surface area contributed by atoms with Crippen LogP contribution < -0.4 is 10.0 Å². The molecule has 4 rings (SSSR count). The van der Waals surface area contributed by atoms with E-state index < -0.39 is 10.0 Å². The average Bonchev–Trinajstić information content (AvgIpc) is 3.11. The van der Waals surface area contributed by atoms with Gasteiger partial charge in [0, 0.05) is 18.4 Å². The molecule has 0 aliphatic carbocycles. The molecule has 1 aliphatic rings. The molecule has 0 fully saturated rings. The molecule has 2 aromatic heterocycles. The van der Waals surface area contributed by atoms with Crippen molar-refractivity contribution >= 4 is 21.4 Å². The van der Waals surface area contributed by atoms with Crippen molar-refractivity contribution in [1.82, 2.24) is 9.38 Å². The monoisotopic (exact) mass is 342 g/mol. The summed E-state index contributed by atoms with van der Waals surface area (Å²) >= 11 is 0. The number of hydrogen-bond donors (Lipinski definition) is 1. The number of aromatic nitrogens is 2. The maximum atomic E-state index is 11.5. The van der Waals surface area contributed by atoms with Gasteiger partial charge in [-0.2, -0.15) is 0 Å². The van der Waals surface area contributed by atoms with Crippen molar-refractivity contribution in [3.8, 4) is 0 Å². The molecule has 0 spiro atoms. The Labute approximate surface area is 140 Å². The lowest BCUT2D eigenvalue weighted by Crippen LogP contribution is -2.20. The molecule has 0 unspecified atom stereocenters. The first-order valence-corrected chi connectivity index (χ1v) is 9.30. The fourth-order valence-corrected chi connectivity index (χ4v) is 3.80. The van der Waals surface area contributed by atoms with Crippen LogP contribution in [-0.2, 0) is 23.0 Å². The van der Waals surface area contributed by atoms with E-state index in [9.17, 15) is 8.42 Å². The Kier molecular flexibility index (Phi) is 3.36. The quantitative estimate of drug-likeness (QED) is 0.788. The minimum atomic E-state index is -3.66. The number of benzene rings is 1. The lowest BCUT2D eigenvalue weighted by Gasteiger charge is -2.19. The highest BCUT2D eigenvalue weighted by molar-refractivity contribution is 7.89. The van der Waals surface area contributed by atoms with Crippen molar-refractivity contribution in [3.05, 3.63) is 59.5 Å². The van der Waals surface area contributed by atoms with E-state index in [-0.39, 0.29) is 4.90 Å². The van der Waals surface area contributed by atoms with Gasteiger partial charge in [-0.25, -0.2) is 18.5 Å². The van der Waals surface area contributed by atoms with Gasteiger partial charge in [0.2, 0.25) is 10.0 Å². The number of aryl methyl sites for hydroxylation is 1. The van der Waals surface area contributed by atoms with Crippen LogP contribution in [-0.4, -0.2) is 24.3 Å². The van der Waals surface area contributed by atoms with Gasteiger partial charge >= 0.3 is 0 Å². The fraction of sp³-hybridized carbons (Fsp3) is 0.235. The summed E-state index contributed by atoms with van der Waals surface area (Å²) in [5, 5.41) is 5.22. The Bertz CT molecular complexity index is 1040. The van der Waals surface area contributed by atoms with Crippen LogP contribution in [0.3, 0.4) is 0 Å². The second-order valence-electron chi connectivity index (χ2n) is 6.19. The number of primary sulfonamides is 1. The lowest BCUT2D eigenvalue weighted by atomic mass is 10.2. The number of rotatable bonds is 3. The van der Waals surface area contributed by atoms with E-state index in [1.54, 1.807) is 12.1 Å². The largest absolute Gasteiger partial charge is 0.365 e. The van der Waals surface area contributed by atoms with Crippen molar-refractivity contribution in [2.75, 3.05) is 11.4 Å². The van der Waals surface area contributed by atoms with Crippen LogP contribution in [0, 0.1) is 6.92 Å². The summed E-state index contributed by atoms with van der Waals surface area (Å²) in [6.07, 6.45) is 4.74. The summed E-state index contributed by atoms with van der Waals surface area (Å²) in [6, 6.07) is 9.22.